The molecule has 0 radical (unpaired) electrons. The summed E-state index contributed by atoms with van der Waals surface area (Å²) in [5, 5.41) is 0. The van der Waals surface area contributed by atoms with Gasteiger partial charge in [-0.25, -0.2) is 0 Å². The van der Waals surface area contributed by atoms with E-state index < -0.39 is 0 Å². The van der Waals surface area contributed by atoms with E-state index in [-0.39, 0.29) is 0 Å². The SMILES string of the molecule is CCCCCCCCCC1=CC2COCC(C1)N2Cc1ccccc1. The third kappa shape index (κ3) is 5.69. The van der Waals surface area contributed by atoms with Gasteiger partial charge in [-0.1, -0.05) is 87.4 Å². The van der Waals surface area contributed by atoms with Gasteiger partial charge in [0.2, 0.25) is 0 Å². The Morgan fingerprint density at radius 1 is 0.960 bits per heavy atom. The van der Waals surface area contributed by atoms with Crippen LogP contribution in [0.2, 0.25) is 0 Å². The summed E-state index contributed by atoms with van der Waals surface area (Å²) >= 11 is 0. The zero-order valence-corrected chi connectivity index (χ0v) is 16.0. The molecule has 2 nitrogen and oxygen atoms in total. The molecule has 1 fully saturated rings. The summed E-state index contributed by atoms with van der Waals surface area (Å²) in [6, 6.07) is 11.9. The molecule has 0 aromatic heterocycles. The molecule has 2 aliphatic rings. The van der Waals surface area contributed by atoms with Crippen LogP contribution in [0.3, 0.4) is 0 Å². The number of benzene rings is 1. The molecule has 0 amide bonds. The minimum Gasteiger partial charge on any atom is -0.378 e. The lowest BCUT2D eigenvalue weighted by Gasteiger charge is -2.45. The third-order valence-electron chi connectivity index (χ3n) is 5.73. The first-order chi connectivity index (χ1) is 12.4. The highest BCUT2D eigenvalue weighted by Crippen LogP contribution is 2.31. The first-order valence-electron chi connectivity index (χ1n) is 10.4. The standard InChI is InChI=1S/C23H35NO/c1-2-3-4-5-6-7-9-14-21-15-22-18-25-19-23(16-21)24(22)17-20-12-10-8-11-13-20/h8,10-13,15,22-23H,2-7,9,14,16-19H2,1H3. The Kier molecular flexibility index (Phi) is 7.56. The second-order valence-corrected chi connectivity index (χ2v) is 7.82. The number of fused-ring (bicyclic) bond motifs is 2. The molecule has 0 N–H and O–H groups in total. The predicted octanol–water partition coefficient (Wildman–Crippen LogP) is 5.73. The van der Waals surface area contributed by atoms with Crippen LogP contribution >= 0.6 is 0 Å². The normalized spacial score (nSPS) is 23.5. The Hall–Kier alpha value is -1.12. The van der Waals surface area contributed by atoms with E-state index in [2.05, 4.69) is 48.2 Å². The second-order valence-electron chi connectivity index (χ2n) is 7.82. The number of ether oxygens (including phenoxy) is 1. The smallest absolute Gasteiger partial charge is 0.0658 e. The molecule has 2 bridgehead atoms. The molecule has 1 aromatic carbocycles. The molecule has 0 spiro atoms. The maximum atomic E-state index is 5.85. The summed E-state index contributed by atoms with van der Waals surface area (Å²) in [6.07, 6.45) is 14.8. The van der Waals surface area contributed by atoms with E-state index in [1.165, 1.54) is 63.4 Å². The topological polar surface area (TPSA) is 12.5 Å². The van der Waals surface area contributed by atoms with Crippen LogP contribution < -0.4 is 0 Å². The molecule has 25 heavy (non-hydrogen) atoms. The minimum absolute atomic E-state index is 0.479. The molecular formula is C23H35NO. The molecule has 0 saturated carbocycles. The summed E-state index contributed by atoms with van der Waals surface area (Å²) in [4.78, 5) is 2.66. The molecule has 2 atom stereocenters. The molecule has 1 saturated heterocycles. The quantitative estimate of drug-likeness (QED) is 0.398. The lowest BCUT2D eigenvalue weighted by atomic mass is 9.90. The number of hydrogen-bond donors (Lipinski definition) is 0. The lowest BCUT2D eigenvalue weighted by Crippen LogP contribution is -2.53. The van der Waals surface area contributed by atoms with Gasteiger partial charge in [0.15, 0.2) is 0 Å². The molecule has 138 valence electrons. The van der Waals surface area contributed by atoms with Crippen molar-refractivity contribution in [1.29, 1.82) is 0 Å². The van der Waals surface area contributed by atoms with E-state index in [4.69, 9.17) is 4.74 Å². The summed E-state index contributed by atoms with van der Waals surface area (Å²) in [7, 11) is 0. The third-order valence-corrected chi connectivity index (χ3v) is 5.73. The van der Waals surface area contributed by atoms with Crippen LogP contribution in [0, 0.1) is 0 Å². The Balaban J connectivity index is 1.46. The Labute approximate surface area is 154 Å². The van der Waals surface area contributed by atoms with Gasteiger partial charge in [0.1, 0.15) is 0 Å². The minimum atomic E-state index is 0.479. The van der Waals surface area contributed by atoms with Crippen molar-refractivity contribution in [2.45, 2.75) is 83.3 Å². The molecule has 3 rings (SSSR count). The van der Waals surface area contributed by atoms with Gasteiger partial charge in [-0.05, 0) is 24.8 Å². The van der Waals surface area contributed by atoms with Gasteiger partial charge in [0, 0.05) is 12.6 Å². The highest BCUT2D eigenvalue weighted by Gasteiger charge is 2.34. The van der Waals surface area contributed by atoms with Gasteiger partial charge < -0.3 is 4.74 Å². The number of hydrogen-bond acceptors (Lipinski definition) is 2. The summed E-state index contributed by atoms with van der Waals surface area (Å²) in [5.74, 6) is 0. The highest BCUT2D eigenvalue weighted by atomic mass is 16.5. The number of unbranched alkanes of at least 4 members (excludes halogenated alkanes) is 6. The first-order valence-corrected chi connectivity index (χ1v) is 10.4. The average Bonchev–Trinajstić information content (AvgIpc) is 2.62. The van der Waals surface area contributed by atoms with Gasteiger partial charge in [0.05, 0.1) is 19.3 Å². The van der Waals surface area contributed by atoms with E-state index >= 15 is 0 Å². The van der Waals surface area contributed by atoms with E-state index in [0.717, 1.165) is 19.8 Å². The van der Waals surface area contributed by atoms with Gasteiger partial charge in [-0.15, -0.1) is 0 Å². The Bertz CT molecular complexity index is 524. The van der Waals surface area contributed by atoms with Crippen LogP contribution in [0.15, 0.2) is 42.0 Å². The van der Waals surface area contributed by atoms with Crippen LogP contribution in [0.5, 0.6) is 0 Å². The zero-order valence-electron chi connectivity index (χ0n) is 16.0. The van der Waals surface area contributed by atoms with E-state index in [1.807, 2.05) is 0 Å². The van der Waals surface area contributed by atoms with Crippen molar-refractivity contribution in [3.8, 4) is 0 Å². The molecule has 2 heterocycles. The molecule has 2 heteroatoms. The zero-order chi connectivity index (χ0) is 17.3. The first kappa shape index (κ1) is 18.7. The molecule has 0 aliphatic carbocycles. The molecule has 2 aliphatic heterocycles. The van der Waals surface area contributed by atoms with E-state index in [1.54, 1.807) is 5.57 Å². The number of nitrogens with zero attached hydrogens (tertiary/aromatic N) is 1. The second kappa shape index (κ2) is 10.1. The van der Waals surface area contributed by atoms with Gasteiger partial charge in [0.25, 0.3) is 0 Å². The maximum Gasteiger partial charge on any atom is 0.0658 e. The highest BCUT2D eigenvalue weighted by molar-refractivity contribution is 5.20. The van der Waals surface area contributed by atoms with Crippen molar-refractivity contribution < 1.29 is 4.74 Å². The predicted molar refractivity (Wildman–Crippen MR) is 106 cm³/mol. The molecule has 1 aromatic rings. The van der Waals surface area contributed by atoms with Crippen molar-refractivity contribution in [3.05, 3.63) is 47.5 Å². The average molecular weight is 342 g/mol. The Morgan fingerprint density at radius 3 is 2.48 bits per heavy atom. The fourth-order valence-corrected chi connectivity index (χ4v) is 4.29. The van der Waals surface area contributed by atoms with Gasteiger partial charge >= 0.3 is 0 Å². The lowest BCUT2D eigenvalue weighted by molar-refractivity contribution is -0.0442. The molecular weight excluding hydrogens is 306 g/mol. The largest absolute Gasteiger partial charge is 0.378 e. The van der Waals surface area contributed by atoms with Crippen LogP contribution in [0.25, 0.3) is 0 Å². The van der Waals surface area contributed by atoms with E-state index in [0.29, 0.717) is 12.1 Å². The van der Waals surface area contributed by atoms with Gasteiger partial charge in [-0.3, -0.25) is 4.90 Å². The van der Waals surface area contributed by atoms with Crippen molar-refractivity contribution in [3.63, 3.8) is 0 Å². The summed E-state index contributed by atoms with van der Waals surface area (Å²) in [6.45, 7) is 5.11. The van der Waals surface area contributed by atoms with Crippen LogP contribution in [0.4, 0.5) is 0 Å². The summed E-state index contributed by atoms with van der Waals surface area (Å²) in [5.41, 5.74) is 3.11. The van der Waals surface area contributed by atoms with Crippen molar-refractivity contribution >= 4 is 0 Å². The van der Waals surface area contributed by atoms with Crippen LogP contribution in [-0.4, -0.2) is 30.2 Å². The summed E-state index contributed by atoms with van der Waals surface area (Å²) < 4.78 is 5.85. The Morgan fingerprint density at radius 2 is 1.72 bits per heavy atom. The van der Waals surface area contributed by atoms with Crippen LogP contribution in [-0.2, 0) is 11.3 Å². The molecule has 2 unspecified atom stereocenters. The van der Waals surface area contributed by atoms with E-state index in [9.17, 15) is 0 Å². The fourth-order valence-electron chi connectivity index (χ4n) is 4.29. The van der Waals surface area contributed by atoms with Gasteiger partial charge in [-0.2, -0.15) is 0 Å². The fraction of sp³-hybridized carbons (Fsp3) is 0.652. The number of morpholine rings is 1. The monoisotopic (exact) mass is 341 g/mol. The van der Waals surface area contributed by atoms with Crippen molar-refractivity contribution in [1.82, 2.24) is 4.90 Å². The maximum absolute atomic E-state index is 5.85. The number of rotatable bonds is 10. The van der Waals surface area contributed by atoms with Crippen LogP contribution in [0.1, 0.15) is 70.3 Å². The van der Waals surface area contributed by atoms with Crippen molar-refractivity contribution in [2.75, 3.05) is 13.2 Å². The van der Waals surface area contributed by atoms with Crippen molar-refractivity contribution in [2.24, 2.45) is 0 Å².